The fourth-order valence-electron chi connectivity index (χ4n) is 4.00. The molecule has 2 aromatic carbocycles. The van der Waals surface area contributed by atoms with Crippen LogP contribution in [-0.4, -0.2) is 34.8 Å². The van der Waals surface area contributed by atoms with Crippen molar-refractivity contribution in [3.63, 3.8) is 0 Å². The lowest BCUT2D eigenvalue weighted by atomic mass is 10.0. The number of ether oxygens (including phenoxy) is 1. The van der Waals surface area contributed by atoms with Crippen molar-refractivity contribution in [3.05, 3.63) is 76.3 Å². The number of nitrogens with one attached hydrogen (secondary N) is 1. The van der Waals surface area contributed by atoms with Crippen molar-refractivity contribution in [1.29, 1.82) is 0 Å². The number of carbonyl (C=O) groups excluding carboxylic acids is 2. The van der Waals surface area contributed by atoms with Gasteiger partial charge in [-0.05, 0) is 42.2 Å². The molecule has 1 aliphatic heterocycles. The summed E-state index contributed by atoms with van der Waals surface area (Å²) in [4.78, 5) is 33.5. The van der Waals surface area contributed by atoms with Gasteiger partial charge in [-0.15, -0.1) is 0 Å². The molecule has 6 nitrogen and oxygen atoms in total. The van der Waals surface area contributed by atoms with E-state index in [-0.39, 0.29) is 11.8 Å². The standard InChI is InChI=1S/C28H31N3O3S/c1-4-34-22-12-10-20(11-13-22)17-23(21-8-6-5-7-9-21)27(33)30-28-29-24-14-15-31(18-25(24)35-28)26(32)16-19(2)3/h5-13,17,19H,4,14-16,18H2,1-3H3,(H,29,30,33)/b23-17+. The van der Waals surface area contributed by atoms with Gasteiger partial charge in [0, 0.05) is 29.8 Å². The van der Waals surface area contributed by atoms with Gasteiger partial charge < -0.3 is 9.64 Å². The third-order valence-corrected chi connectivity index (χ3v) is 6.72. The summed E-state index contributed by atoms with van der Waals surface area (Å²) in [7, 11) is 0. The summed E-state index contributed by atoms with van der Waals surface area (Å²) in [6.07, 6.45) is 3.13. The minimum Gasteiger partial charge on any atom is -0.494 e. The van der Waals surface area contributed by atoms with E-state index in [1.807, 2.05) is 72.5 Å². The highest BCUT2D eigenvalue weighted by atomic mass is 32.1. The Hall–Kier alpha value is -3.45. The third kappa shape index (κ3) is 6.36. The van der Waals surface area contributed by atoms with Gasteiger partial charge in [0.1, 0.15) is 5.75 Å². The SMILES string of the molecule is CCOc1ccc(/C=C(/C(=O)Nc2nc3c(s2)CN(C(=O)CC(C)C)CC3)c2ccccc2)cc1. The molecule has 1 aliphatic rings. The van der Waals surface area contributed by atoms with E-state index in [0.717, 1.165) is 27.4 Å². The van der Waals surface area contributed by atoms with Gasteiger partial charge in [0.25, 0.3) is 5.91 Å². The molecule has 2 amide bonds. The van der Waals surface area contributed by atoms with E-state index in [1.165, 1.54) is 11.3 Å². The van der Waals surface area contributed by atoms with E-state index in [0.29, 0.717) is 49.2 Å². The second-order valence-electron chi connectivity index (χ2n) is 8.93. The quantitative estimate of drug-likeness (QED) is 0.328. The van der Waals surface area contributed by atoms with Gasteiger partial charge in [-0.2, -0.15) is 0 Å². The Morgan fingerprint density at radius 1 is 1.14 bits per heavy atom. The molecule has 0 aliphatic carbocycles. The number of benzene rings is 2. The molecule has 182 valence electrons. The topological polar surface area (TPSA) is 71.5 Å². The van der Waals surface area contributed by atoms with E-state index in [4.69, 9.17) is 4.74 Å². The number of hydrogen-bond donors (Lipinski definition) is 1. The Kier molecular flexibility index (Phi) is 7.98. The minimum absolute atomic E-state index is 0.175. The molecule has 3 aromatic rings. The molecule has 0 spiro atoms. The molecule has 35 heavy (non-hydrogen) atoms. The summed E-state index contributed by atoms with van der Waals surface area (Å²) in [6.45, 7) is 7.89. The number of nitrogens with zero attached hydrogens (tertiary/aromatic N) is 2. The molecule has 0 unspecified atom stereocenters. The molecule has 0 bridgehead atoms. The van der Waals surface area contributed by atoms with Crippen LogP contribution in [0.15, 0.2) is 54.6 Å². The molecule has 0 radical (unpaired) electrons. The largest absolute Gasteiger partial charge is 0.494 e. The smallest absolute Gasteiger partial charge is 0.258 e. The van der Waals surface area contributed by atoms with Crippen molar-refractivity contribution in [1.82, 2.24) is 9.88 Å². The lowest BCUT2D eigenvalue weighted by molar-refractivity contribution is -0.132. The van der Waals surface area contributed by atoms with Gasteiger partial charge in [0.15, 0.2) is 5.13 Å². The lowest BCUT2D eigenvalue weighted by Crippen LogP contribution is -2.36. The van der Waals surface area contributed by atoms with Crippen LogP contribution in [0.4, 0.5) is 5.13 Å². The second-order valence-corrected chi connectivity index (χ2v) is 10.0. The summed E-state index contributed by atoms with van der Waals surface area (Å²) >= 11 is 1.45. The number of hydrogen-bond acceptors (Lipinski definition) is 5. The van der Waals surface area contributed by atoms with E-state index in [2.05, 4.69) is 24.1 Å². The molecular weight excluding hydrogens is 458 g/mol. The molecule has 1 N–H and O–H groups in total. The number of rotatable bonds is 8. The maximum Gasteiger partial charge on any atom is 0.258 e. The van der Waals surface area contributed by atoms with Crippen molar-refractivity contribution >= 4 is 39.9 Å². The van der Waals surface area contributed by atoms with Gasteiger partial charge >= 0.3 is 0 Å². The molecule has 2 heterocycles. The summed E-state index contributed by atoms with van der Waals surface area (Å²) in [6, 6.07) is 17.3. The van der Waals surface area contributed by atoms with Crippen molar-refractivity contribution in [2.45, 2.75) is 40.2 Å². The fraction of sp³-hybridized carbons (Fsp3) is 0.321. The van der Waals surface area contributed by atoms with Crippen LogP contribution in [0.5, 0.6) is 5.75 Å². The van der Waals surface area contributed by atoms with Crippen LogP contribution in [-0.2, 0) is 22.6 Å². The zero-order chi connectivity index (χ0) is 24.8. The molecule has 0 atom stereocenters. The fourth-order valence-corrected chi connectivity index (χ4v) is 5.01. The minimum atomic E-state index is -0.219. The van der Waals surface area contributed by atoms with Crippen LogP contribution in [0.2, 0.25) is 0 Å². The third-order valence-electron chi connectivity index (χ3n) is 5.72. The Balaban J connectivity index is 1.53. The van der Waals surface area contributed by atoms with Crippen molar-refractivity contribution in [2.24, 2.45) is 5.92 Å². The van der Waals surface area contributed by atoms with Crippen molar-refractivity contribution in [3.8, 4) is 5.75 Å². The van der Waals surface area contributed by atoms with Crippen LogP contribution < -0.4 is 10.1 Å². The van der Waals surface area contributed by atoms with E-state index in [1.54, 1.807) is 0 Å². The zero-order valence-corrected chi connectivity index (χ0v) is 21.2. The van der Waals surface area contributed by atoms with Gasteiger partial charge in [-0.3, -0.25) is 14.9 Å². The van der Waals surface area contributed by atoms with Crippen LogP contribution in [0.3, 0.4) is 0 Å². The number of thiazole rings is 1. The Morgan fingerprint density at radius 3 is 2.57 bits per heavy atom. The second kappa shape index (κ2) is 11.3. The first kappa shape index (κ1) is 24.7. The number of amides is 2. The van der Waals surface area contributed by atoms with E-state index < -0.39 is 0 Å². The number of carbonyl (C=O) groups is 2. The predicted molar refractivity (Wildman–Crippen MR) is 141 cm³/mol. The summed E-state index contributed by atoms with van der Waals surface area (Å²) < 4.78 is 5.53. The van der Waals surface area contributed by atoms with Gasteiger partial charge in [0.2, 0.25) is 5.91 Å². The number of anilines is 1. The van der Waals surface area contributed by atoms with Gasteiger partial charge in [0.05, 0.1) is 18.8 Å². The first-order chi connectivity index (χ1) is 16.9. The monoisotopic (exact) mass is 489 g/mol. The first-order valence-electron chi connectivity index (χ1n) is 12.0. The van der Waals surface area contributed by atoms with Crippen LogP contribution in [0, 0.1) is 5.92 Å². The normalized spacial score (nSPS) is 13.5. The van der Waals surface area contributed by atoms with Crippen LogP contribution >= 0.6 is 11.3 Å². The average Bonchev–Trinajstić information content (AvgIpc) is 3.25. The zero-order valence-electron chi connectivity index (χ0n) is 20.4. The molecular formula is C28H31N3O3S. The van der Waals surface area contributed by atoms with Gasteiger partial charge in [-0.25, -0.2) is 4.98 Å². The highest BCUT2D eigenvalue weighted by Crippen LogP contribution is 2.30. The van der Waals surface area contributed by atoms with Crippen molar-refractivity contribution < 1.29 is 14.3 Å². The van der Waals surface area contributed by atoms with Crippen LogP contribution in [0.1, 0.15) is 48.9 Å². The summed E-state index contributed by atoms with van der Waals surface area (Å²) in [5.41, 5.74) is 3.25. The highest BCUT2D eigenvalue weighted by Gasteiger charge is 2.25. The molecule has 0 saturated carbocycles. The summed E-state index contributed by atoms with van der Waals surface area (Å²) in [5.74, 6) is 1.08. The lowest BCUT2D eigenvalue weighted by Gasteiger charge is -2.26. The summed E-state index contributed by atoms with van der Waals surface area (Å²) in [5, 5.41) is 3.56. The van der Waals surface area contributed by atoms with E-state index >= 15 is 0 Å². The Bertz CT molecular complexity index is 1200. The molecule has 1 aromatic heterocycles. The molecule has 0 saturated heterocycles. The first-order valence-corrected chi connectivity index (χ1v) is 12.8. The number of fused-ring (bicyclic) bond motifs is 1. The average molecular weight is 490 g/mol. The molecule has 7 heteroatoms. The van der Waals surface area contributed by atoms with Gasteiger partial charge in [-0.1, -0.05) is 67.6 Å². The maximum atomic E-state index is 13.4. The highest BCUT2D eigenvalue weighted by molar-refractivity contribution is 7.16. The van der Waals surface area contributed by atoms with Crippen molar-refractivity contribution in [2.75, 3.05) is 18.5 Å². The van der Waals surface area contributed by atoms with E-state index in [9.17, 15) is 9.59 Å². The Morgan fingerprint density at radius 2 is 1.89 bits per heavy atom. The number of aromatic nitrogens is 1. The molecule has 4 rings (SSSR count). The predicted octanol–water partition coefficient (Wildman–Crippen LogP) is 5.65. The molecule has 0 fully saturated rings. The Labute approximate surface area is 210 Å². The maximum absolute atomic E-state index is 13.4. The van der Waals surface area contributed by atoms with Crippen LogP contribution in [0.25, 0.3) is 11.6 Å².